The quantitative estimate of drug-likeness (QED) is 0.813. The number of hydrogen-bond donors (Lipinski definition) is 2. The summed E-state index contributed by atoms with van der Waals surface area (Å²) in [6.07, 6.45) is 2.04. The van der Waals surface area contributed by atoms with Gasteiger partial charge in [-0.15, -0.1) is 0 Å². The summed E-state index contributed by atoms with van der Waals surface area (Å²) in [5.41, 5.74) is 3.75. The molecule has 2 aromatic carbocycles. The average molecular weight is 359 g/mol. The summed E-state index contributed by atoms with van der Waals surface area (Å²) in [6, 6.07) is 15.6. The number of benzene rings is 2. The number of carbonyl (C=O) groups is 2. The molecule has 0 saturated heterocycles. The van der Waals surface area contributed by atoms with Crippen molar-refractivity contribution in [3.05, 3.63) is 65.4 Å². The largest absolute Gasteiger partial charge is 0.362 e. The highest BCUT2D eigenvalue weighted by atomic mass is 16.2. The van der Waals surface area contributed by atoms with Crippen LogP contribution in [0.25, 0.3) is 0 Å². The molecular weight excluding hydrogens is 338 g/mol. The third kappa shape index (κ3) is 2.05. The fourth-order valence-electron chi connectivity index (χ4n) is 4.66. The molecule has 3 aliphatic rings. The Morgan fingerprint density at radius 3 is 2.56 bits per heavy atom. The van der Waals surface area contributed by atoms with Crippen molar-refractivity contribution in [1.29, 1.82) is 0 Å². The molecule has 2 N–H and O–H groups in total. The first-order chi connectivity index (χ1) is 13.2. The Morgan fingerprint density at radius 2 is 1.74 bits per heavy atom. The van der Waals surface area contributed by atoms with Crippen LogP contribution in [-0.2, 0) is 15.1 Å². The molecule has 2 heterocycles. The summed E-state index contributed by atoms with van der Waals surface area (Å²) in [5.74, 6) is -0.0300. The van der Waals surface area contributed by atoms with Crippen LogP contribution < -0.4 is 15.5 Å². The third-order valence-electron chi connectivity index (χ3n) is 5.80. The van der Waals surface area contributed by atoms with Gasteiger partial charge >= 0.3 is 0 Å². The lowest BCUT2D eigenvalue weighted by Crippen LogP contribution is -2.50. The summed E-state index contributed by atoms with van der Waals surface area (Å²) >= 11 is 0. The molecule has 1 atom stereocenters. The topological polar surface area (TPSA) is 61.4 Å². The number of ketones is 1. The molecule has 1 aliphatic carbocycles. The van der Waals surface area contributed by atoms with E-state index in [1.807, 2.05) is 55.5 Å². The van der Waals surface area contributed by atoms with Gasteiger partial charge in [0.2, 0.25) is 0 Å². The first-order valence-corrected chi connectivity index (χ1v) is 9.49. The second kappa shape index (κ2) is 5.71. The highest BCUT2D eigenvalue weighted by molar-refractivity contribution is 6.19. The highest BCUT2D eigenvalue weighted by Crippen LogP contribution is 2.51. The molecule has 0 fully saturated rings. The number of nitrogens with one attached hydrogen (secondary N) is 2. The first kappa shape index (κ1) is 16.1. The van der Waals surface area contributed by atoms with E-state index in [1.54, 1.807) is 4.90 Å². The molecule has 136 valence electrons. The Balaban J connectivity index is 1.86. The highest BCUT2D eigenvalue weighted by Gasteiger charge is 2.57. The van der Waals surface area contributed by atoms with Gasteiger partial charge in [0.25, 0.3) is 5.91 Å². The molecule has 0 bridgehead atoms. The van der Waals surface area contributed by atoms with Gasteiger partial charge in [0.15, 0.2) is 11.3 Å². The monoisotopic (exact) mass is 359 g/mol. The van der Waals surface area contributed by atoms with Crippen LogP contribution in [0.1, 0.15) is 31.7 Å². The fraction of sp³-hybridized carbons (Fsp3) is 0.273. The van der Waals surface area contributed by atoms with Crippen LogP contribution in [0.3, 0.4) is 0 Å². The second-order valence-corrected chi connectivity index (χ2v) is 7.24. The van der Waals surface area contributed by atoms with Gasteiger partial charge in [0, 0.05) is 24.2 Å². The standard InChI is InChI=1S/C22H21N3O2/c1-2-25-18-12-6-3-8-14(18)22(21(25)27)20-17(11-7-13-19(20)26)23-15-9-4-5-10-16(15)24-22/h3-6,8-10,12,23-24H,2,7,11,13H2,1H3. The molecule has 27 heavy (non-hydrogen) atoms. The molecule has 5 rings (SSSR count). The molecule has 0 aromatic heterocycles. The Labute approximate surface area is 158 Å². The summed E-state index contributed by atoms with van der Waals surface area (Å²) in [4.78, 5) is 28.7. The minimum absolute atomic E-state index is 0.0464. The minimum Gasteiger partial charge on any atom is -0.362 e. The zero-order valence-corrected chi connectivity index (χ0v) is 15.2. The van der Waals surface area contributed by atoms with Crippen molar-refractivity contribution < 1.29 is 9.59 Å². The van der Waals surface area contributed by atoms with E-state index in [0.29, 0.717) is 18.5 Å². The number of hydrogen-bond acceptors (Lipinski definition) is 4. The smallest absolute Gasteiger partial charge is 0.262 e. The molecule has 5 nitrogen and oxygen atoms in total. The molecule has 1 unspecified atom stereocenters. The number of allylic oxidation sites excluding steroid dienone is 1. The number of rotatable bonds is 1. The van der Waals surface area contributed by atoms with Gasteiger partial charge in [-0.1, -0.05) is 30.3 Å². The van der Waals surface area contributed by atoms with E-state index in [4.69, 9.17) is 0 Å². The van der Waals surface area contributed by atoms with Gasteiger partial charge in [-0.3, -0.25) is 9.59 Å². The van der Waals surface area contributed by atoms with Crippen molar-refractivity contribution in [2.75, 3.05) is 22.1 Å². The summed E-state index contributed by atoms with van der Waals surface area (Å²) in [5, 5.41) is 6.96. The summed E-state index contributed by atoms with van der Waals surface area (Å²) in [7, 11) is 0. The molecule has 1 amide bonds. The van der Waals surface area contributed by atoms with Crippen LogP contribution in [0.15, 0.2) is 59.8 Å². The molecular formula is C22H21N3O2. The number of Topliss-reactive ketones (excluding diaryl/α,β-unsaturated/α-hetero) is 1. The number of fused-ring (bicyclic) bond motifs is 4. The fourth-order valence-corrected chi connectivity index (χ4v) is 4.66. The zero-order valence-electron chi connectivity index (χ0n) is 15.2. The lowest BCUT2D eigenvalue weighted by atomic mass is 9.76. The third-order valence-corrected chi connectivity index (χ3v) is 5.80. The first-order valence-electron chi connectivity index (χ1n) is 9.49. The van der Waals surface area contributed by atoms with E-state index in [0.717, 1.165) is 41.2 Å². The normalized spacial score (nSPS) is 23.4. The average Bonchev–Trinajstić information content (AvgIpc) is 2.82. The van der Waals surface area contributed by atoms with Crippen LogP contribution in [0.4, 0.5) is 17.1 Å². The van der Waals surface area contributed by atoms with Crippen molar-refractivity contribution in [2.45, 2.75) is 31.7 Å². The Hall–Kier alpha value is -3.08. The van der Waals surface area contributed by atoms with Crippen molar-refractivity contribution >= 4 is 28.8 Å². The van der Waals surface area contributed by atoms with Gasteiger partial charge in [-0.05, 0) is 38.0 Å². The van der Waals surface area contributed by atoms with E-state index in [2.05, 4.69) is 10.6 Å². The molecule has 1 spiro atoms. The van der Waals surface area contributed by atoms with E-state index < -0.39 is 5.54 Å². The molecule has 5 heteroatoms. The zero-order chi connectivity index (χ0) is 18.6. The second-order valence-electron chi connectivity index (χ2n) is 7.24. The predicted molar refractivity (Wildman–Crippen MR) is 106 cm³/mol. The Kier molecular flexibility index (Phi) is 3.41. The summed E-state index contributed by atoms with van der Waals surface area (Å²) in [6.45, 7) is 2.53. The van der Waals surface area contributed by atoms with E-state index in [-0.39, 0.29) is 11.7 Å². The van der Waals surface area contributed by atoms with Gasteiger partial charge in [0.05, 0.1) is 22.6 Å². The van der Waals surface area contributed by atoms with Crippen molar-refractivity contribution in [3.8, 4) is 0 Å². The maximum Gasteiger partial charge on any atom is 0.262 e. The number of nitrogens with zero attached hydrogens (tertiary/aromatic N) is 1. The van der Waals surface area contributed by atoms with E-state index in [1.165, 1.54) is 0 Å². The van der Waals surface area contributed by atoms with Crippen LogP contribution in [0.2, 0.25) is 0 Å². The number of amides is 1. The van der Waals surface area contributed by atoms with E-state index in [9.17, 15) is 9.59 Å². The Bertz CT molecular complexity index is 1010. The Morgan fingerprint density at radius 1 is 1.00 bits per heavy atom. The molecule has 0 radical (unpaired) electrons. The number of likely N-dealkylation sites (N-methyl/N-ethyl adjacent to an activating group) is 1. The predicted octanol–water partition coefficient (Wildman–Crippen LogP) is 3.79. The SMILES string of the molecule is CCN1C(=O)C2(Nc3ccccc3NC3=C2C(=O)CCC3)c2ccccc21. The van der Waals surface area contributed by atoms with Crippen LogP contribution in [0.5, 0.6) is 0 Å². The van der Waals surface area contributed by atoms with Crippen LogP contribution >= 0.6 is 0 Å². The van der Waals surface area contributed by atoms with E-state index >= 15 is 0 Å². The van der Waals surface area contributed by atoms with Crippen molar-refractivity contribution in [2.24, 2.45) is 0 Å². The molecule has 0 saturated carbocycles. The molecule has 2 aromatic rings. The number of carbonyl (C=O) groups excluding carboxylic acids is 2. The number of para-hydroxylation sites is 3. The minimum atomic E-state index is -1.17. The lowest BCUT2D eigenvalue weighted by molar-refractivity contribution is -0.124. The number of anilines is 3. The van der Waals surface area contributed by atoms with Gasteiger partial charge in [-0.2, -0.15) is 0 Å². The van der Waals surface area contributed by atoms with Crippen LogP contribution in [0, 0.1) is 0 Å². The maximum atomic E-state index is 13.8. The van der Waals surface area contributed by atoms with Crippen molar-refractivity contribution in [1.82, 2.24) is 0 Å². The van der Waals surface area contributed by atoms with Gasteiger partial charge in [0.1, 0.15) is 0 Å². The molecule has 2 aliphatic heterocycles. The van der Waals surface area contributed by atoms with Crippen molar-refractivity contribution in [3.63, 3.8) is 0 Å². The van der Waals surface area contributed by atoms with Gasteiger partial charge < -0.3 is 15.5 Å². The maximum absolute atomic E-state index is 13.8. The summed E-state index contributed by atoms with van der Waals surface area (Å²) < 4.78 is 0. The lowest BCUT2D eigenvalue weighted by Gasteiger charge is -2.34. The van der Waals surface area contributed by atoms with Gasteiger partial charge in [-0.25, -0.2) is 0 Å². The van der Waals surface area contributed by atoms with Crippen LogP contribution in [-0.4, -0.2) is 18.2 Å².